The summed E-state index contributed by atoms with van der Waals surface area (Å²) in [6.45, 7) is 7.60. The molecule has 4 saturated carbocycles. The van der Waals surface area contributed by atoms with Crippen LogP contribution in [-0.4, -0.2) is 111 Å². The number of aliphatic hydroxyl groups is 5. The topological polar surface area (TPSA) is 158 Å². The summed E-state index contributed by atoms with van der Waals surface area (Å²) in [6, 6.07) is 4.65. The van der Waals surface area contributed by atoms with E-state index in [9.17, 15) is 30.3 Å². The largest absolute Gasteiger partial charge is 0.493 e. The first-order chi connectivity index (χ1) is 22.2. The lowest BCUT2D eigenvalue weighted by Gasteiger charge is -2.63. The normalized spacial score (nSPS) is 52.9. The summed E-state index contributed by atoms with van der Waals surface area (Å²) in [4.78, 5) is 15.8. The second-order valence-corrected chi connectivity index (χ2v) is 16.5. The summed E-state index contributed by atoms with van der Waals surface area (Å²) in [5.74, 6) is -3.32. The van der Waals surface area contributed by atoms with Crippen molar-refractivity contribution in [2.75, 3.05) is 27.3 Å². The van der Waals surface area contributed by atoms with Gasteiger partial charge in [0.1, 0.15) is 11.7 Å². The average Bonchev–Trinajstić information content (AvgIpc) is 3.28. The number of rotatable bonds is 4. The highest BCUT2D eigenvalue weighted by atomic mass is 16.7. The van der Waals surface area contributed by atoms with Gasteiger partial charge in [-0.15, -0.1) is 0 Å². The van der Waals surface area contributed by atoms with E-state index in [4.69, 9.17) is 18.9 Å². The van der Waals surface area contributed by atoms with Crippen molar-refractivity contribution in [3.63, 3.8) is 0 Å². The predicted octanol–water partition coefficient (Wildman–Crippen LogP) is 2.10. The number of fused-ring (bicyclic) bond motifs is 5. The highest BCUT2D eigenvalue weighted by Gasteiger charge is 2.85. The number of ether oxygens (including phenoxy) is 4. The fraction of sp³-hybridized carbons (Fsp3) is 0.806. The molecule has 3 aliphatic heterocycles. The third-order valence-electron chi connectivity index (χ3n) is 14.7. The van der Waals surface area contributed by atoms with Crippen LogP contribution in [0.5, 0.6) is 11.5 Å². The summed E-state index contributed by atoms with van der Waals surface area (Å²) in [7, 11) is 3.01. The summed E-state index contributed by atoms with van der Waals surface area (Å²) >= 11 is 0. The molecule has 47 heavy (non-hydrogen) atoms. The van der Waals surface area contributed by atoms with E-state index in [0.29, 0.717) is 56.1 Å². The van der Waals surface area contributed by atoms with Crippen LogP contribution in [0.25, 0.3) is 0 Å². The molecule has 260 valence electrons. The minimum Gasteiger partial charge on any atom is -0.493 e. The molecule has 7 fully saturated rings. The second kappa shape index (κ2) is 10.3. The molecule has 4 aliphatic carbocycles. The number of benzene rings is 1. The highest BCUT2D eigenvalue weighted by Crippen LogP contribution is 2.77. The third-order valence-corrected chi connectivity index (χ3v) is 14.7. The maximum Gasteiger partial charge on any atom is 0.338 e. The molecule has 11 heteroatoms. The Morgan fingerprint density at radius 3 is 2.40 bits per heavy atom. The summed E-state index contributed by atoms with van der Waals surface area (Å²) in [6.07, 6.45) is 0.454. The van der Waals surface area contributed by atoms with Gasteiger partial charge in [0, 0.05) is 42.3 Å². The van der Waals surface area contributed by atoms with Gasteiger partial charge in [-0.25, -0.2) is 4.79 Å². The standard InChI is InChI=1S/C36H51NO10/c1-18-6-11-26-33(3,41)28-20(17-37(26)16-18)21-15-34-25(35(21,42)30(39)29(28)38)10-9-24-32(34,2)13-12-27(36(24,43)47-34)46-31(40)19-7-8-22(44-4)23(14-19)45-5/h7-8,14,18,20-21,24-30,38-39,41-43H,6,9-13,15-17H2,1-5H3/t18?,20?,21-,24?,25?,26-,27?,28+,29?,30-,32?,33+,34+,35-,36-/m0/s1. The van der Waals surface area contributed by atoms with Gasteiger partial charge in [-0.2, -0.15) is 0 Å². The van der Waals surface area contributed by atoms with Crippen molar-refractivity contribution < 1.29 is 49.3 Å². The number of esters is 1. The monoisotopic (exact) mass is 657 g/mol. The molecule has 11 nitrogen and oxygen atoms in total. The van der Waals surface area contributed by atoms with Crippen molar-refractivity contribution in [2.24, 2.45) is 40.9 Å². The van der Waals surface area contributed by atoms with Gasteiger partial charge in [0.2, 0.25) is 5.79 Å². The van der Waals surface area contributed by atoms with Gasteiger partial charge < -0.3 is 44.5 Å². The molecule has 15 atom stereocenters. The maximum absolute atomic E-state index is 13.5. The van der Waals surface area contributed by atoms with E-state index < -0.39 is 70.0 Å². The number of aliphatic hydroxyl groups excluding tert-OH is 2. The highest BCUT2D eigenvalue weighted by molar-refractivity contribution is 5.90. The Morgan fingerprint density at radius 2 is 1.68 bits per heavy atom. The van der Waals surface area contributed by atoms with E-state index in [1.54, 1.807) is 25.1 Å². The molecule has 7 unspecified atom stereocenters. The van der Waals surface area contributed by atoms with Gasteiger partial charge in [0.25, 0.3) is 0 Å². The van der Waals surface area contributed by atoms with Crippen LogP contribution in [0.2, 0.25) is 0 Å². The molecule has 1 spiro atoms. The quantitative estimate of drug-likeness (QED) is 0.302. The first-order valence-corrected chi connectivity index (χ1v) is 17.6. The van der Waals surface area contributed by atoms with Crippen molar-refractivity contribution in [1.82, 2.24) is 4.90 Å². The van der Waals surface area contributed by atoms with Gasteiger partial charge in [0.05, 0.1) is 37.1 Å². The van der Waals surface area contributed by atoms with Crippen molar-refractivity contribution in [2.45, 2.75) is 113 Å². The molecule has 4 bridgehead atoms. The zero-order valence-electron chi connectivity index (χ0n) is 28.1. The Bertz CT molecular complexity index is 1450. The maximum atomic E-state index is 13.5. The fourth-order valence-electron chi connectivity index (χ4n) is 12.7. The van der Waals surface area contributed by atoms with Crippen LogP contribution < -0.4 is 9.47 Å². The van der Waals surface area contributed by atoms with E-state index >= 15 is 0 Å². The second-order valence-electron chi connectivity index (χ2n) is 16.5. The third kappa shape index (κ3) is 3.91. The number of hydrogen-bond donors (Lipinski definition) is 5. The molecule has 8 rings (SSSR count). The van der Waals surface area contributed by atoms with Crippen LogP contribution in [0.1, 0.15) is 76.1 Å². The lowest BCUT2D eigenvalue weighted by molar-refractivity contribution is -0.290. The molecule has 3 saturated heterocycles. The molecule has 0 amide bonds. The molecule has 0 aromatic heterocycles. The Hall–Kier alpha value is -1.99. The Morgan fingerprint density at radius 1 is 0.957 bits per heavy atom. The minimum atomic E-state index is -1.79. The molecule has 1 aromatic carbocycles. The fourth-order valence-corrected chi connectivity index (χ4v) is 12.7. The Kier molecular flexibility index (Phi) is 7.05. The first kappa shape index (κ1) is 32.2. The van der Waals surface area contributed by atoms with Gasteiger partial charge in [-0.05, 0) is 87.8 Å². The number of carbonyl (C=O) groups excluding carboxylic acids is 1. The van der Waals surface area contributed by atoms with Crippen LogP contribution in [0.3, 0.4) is 0 Å². The zero-order valence-corrected chi connectivity index (χ0v) is 28.1. The summed E-state index contributed by atoms with van der Waals surface area (Å²) in [5.41, 5.74) is -4.24. The number of methoxy groups -OCH3 is 2. The van der Waals surface area contributed by atoms with Crippen molar-refractivity contribution in [3.05, 3.63) is 23.8 Å². The number of piperidine rings is 2. The van der Waals surface area contributed by atoms with Crippen LogP contribution in [0, 0.1) is 40.9 Å². The predicted molar refractivity (Wildman–Crippen MR) is 168 cm³/mol. The SMILES string of the molecule is COc1ccc(C(=O)OC2CCC3(C)C4CCC5[C@]6(O)[C@@H](O)C(O)[C@H]7C(CN8CC(C)CC[C@H]8[C@@]7(C)O)[C@@H]6C[C@@]53O[C@]24O)cc1OC. The van der Waals surface area contributed by atoms with Gasteiger partial charge in [-0.3, -0.25) is 4.90 Å². The Balaban J connectivity index is 1.14. The molecule has 7 aliphatic rings. The molecule has 0 radical (unpaired) electrons. The van der Waals surface area contributed by atoms with E-state index in [1.807, 2.05) is 0 Å². The van der Waals surface area contributed by atoms with E-state index in [1.165, 1.54) is 14.2 Å². The van der Waals surface area contributed by atoms with Crippen LogP contribution in [-0.2, 0) is 9.47 Å². The van der Waals surface area contributed by atoms with Crippen molar-refractivity contribution in [3.8, 4) is 11.5 Å². The number of nitrogens with zero attached hydrogens (tertiary/aromatic N) is 1. The molecular formula is C36H51NO10. The number of carbonyl (C=O) groups is 1. The summed E-state index contributed by atoms with van der Waals surface area (Å²) < 4.78 is 23.7. The zero-order chi connectivity index (χ0) is 33.5. The average molecular weight is 658 g/mol. The smallest absolute Gasteiger partial charge is 0.338 e. The van der Waals surface area contributed by atoms with Gasteiger partial charge in [0.15, 0.2) is 17.6 Å². The number of hydrogen-bond acceptors (Lipinski definition) is 11. The van der Waals surface area contributed by atoms with Gasteiger partial charge in [-0.1, -0.05) is 13.8 Å². The summed E-state index contributed by atoms with van der Waals surface area (Å²) in [5, 5.41) is 61.1. The van der Waals surface area contributed by atoms with Crippen molar-refractivity contribution >= 4 is 5.97 Å². The minimum absolute atomic E-state index is 0.125. The lowest BCUT2D eigenvalue weighted by Crippen LogP contribution is -2.76. The van der Waals surface area contributed by atoms with Crippen molar-refractivity contribution in [1.29, 1.82) is 0 Å². The first-order valence-electron chi connectivity index (χ1n) is 17.6. The molecule has 5 N–H and O–H groups in total. The molecule has 1 aromatic rings. The van der Waals surface area contributed by atoms with Gasteiger partial charge >= 0.3 is 5.97 Å². The van der Waals surface area contributed by atoms with E-state index in [2.05, 4.69) is 18.7 Å². The van der Waals surface area contributed by atoms with Crippen LogP contribution >= 0.6 is 0 Å². The van der Waals surface area contributed by atoms with Crippen LogP contribution in [0.15, 0.2) is 18.2 Å². The van der Waals surface area contributed by atoms with E-state index in [0.717, 1.165) is 19.4 Å². The lowest BCUT2D eigenvalue weighted by atomic mass is 9.49. The molecular weight excluding hydrogens is 606 g/mol. The Labute approximate surface area is 276 Å². The molecule has 3 heterocycles. The van der Waals surface area contributed by atoms with E-state index in [-0.39, 0.29) is 23.4 Å². The van der Waals surface area contributed by atoms with Crippen LogP contribution in [0.4, 0.5) is 0 Å².